The van der Waals surface area contributed by atoms with Crippen molar-refractivity contribution in [3.8, 4) is 5.82 Å². The maximum atomic E-state index is 11.8. The predicted octanol–water partition coefficient (Wildman–Crippen LogP) is 1.92. The number of aromatic nitrogens is 3. The van der Waals surface area contributed by atoms with Gasteiger partial charge in [0.15, 0.2) is 11.8 Å². The molecule has 0 fully saturated rings. The molecule has 0 saturated carbocycles. The molecule has 1 amide bonds. The second-order valence-electron chi connectivity index (χ2n) is 6.62. The van der Waals surface area contributed by atoms with Crippen LogP contribution in [0.3, 0.4) is 0 Å². The van der Waals surface area contributed by atoms with Crippen LogP contribution in [0.1, 0.15) is 28.4 Å². The quantitative estimate of drug-likeness (QED) is 0.393. The van der Waals surface area contributed by atoms with Crippen LogP contribution in [-0.4, -0.2) is 46.8 Å². The summed E-state index contributed by atoms with van der Waals surface area (Å²) in [5, 5.41) is 13.5. The number of guanidine groups is 1. The van der Waals surface area contributed by atoms with Gasteiger partial charge in [-0.05, 0) is 54.8 Å². The van der Waals surface area contributed by atoms with E-state index in [9.17, 15) is 4.79 Å². The molecule has 0 atom stereocenters. The molecule has 0 radical (unpaired) electrons. The van der Waals surface area contributed by atoms with E-state index in [-0.39, 0.29) is 5.91 Å². The Bertz CT molecular complexity index is 983. The second kappa shape index (κ2) is 10.8. The van der Waals surface area contributed by atoms with E-state index >= 15 is 0 Å². The molecule has 0 aliphatic heterocycles. The zero-order valence-corrected chi connectivity index (χ0v) is 17.3. The Morgan fingerprint density at radius 1 is 1.10 bits per heavy atom. The Morgan fingerprint density at radius 3 is 2.77 bits per heavy atom. The Hall–Kier alpha value is -3.68. The smallest absolute Gasteiger partial charge is 0.251 e. The third-order valence-electron chi connectivity index (χ3n) is 4.44. The number of rotatable bonds is 8. The van der Waals surface area contributed by atoms with Crippen molar-refractivity contribution in [2.75, 3.05) is 20.1 Å². The Balaban J connectivity index is 1.59. The minimum atomic E-state index is -0.0773. The molecule has 8 heteroatoms. The lowest BCUT2D eigenvalue weighted by atomic mass is 10.1. The maximum Gasteiger partial charge on any atom is 0.251 e. The van der Waals surface area contributed by atoms with Crippen LogP contribution >= 0.6 is 0 Å². The predicted molar refractivity (Wildman–Crippen MR) is 118 cm³/mol. The first kappa shape index (κ1) is 21.0. The SMILES string of the molecule is CCNC(=NCc1ccnc(-n2cccn2)c1)NCCc1cccc(C(=O)NC)c1. The van der Waals surface area contributed by atoms with Gasteiger partial charge in [-0.1, -0.05) is 12.1 Å². The highest BCUT2D eigenvalue weighted by Crippen LogP contribution is 2.08. The number of hydrogen-bond donors (Lipinski definition) is 3. The minimum Gasteiger partial charge on any atom is -0.357 e. The van der Waals surface area contributed by atoms with Crippen LogP contribution in [0.15, 0.2) is 66.0 Å². The van der Waals surface area contributed by atoms with Crippen molar-refractivity contribution >= 4 is 11.9 Å². The van der Waals surface area contributed by atoms with Crippen LogP contribution in [0.4, 0.5) is 0 Å². The number of benzene rings is 1. The highest BCUT2D eigenvalue weighted by molar-refractivity contribution is 5.94. The minimum absolute atomic E-state index is 0.0773. The number of pyridine rings is 1. The Morgan fingerprint density at radius 2 is 2.00 bits per heavy atom. The fourth-order valence-electron chi connectivity index (χ4n) is 2.94. The lowest BCUT2D eigenvalue weighted by Crippen LogP contribution is -2.38. The summed E-state index contributed by atoms with van der Waals surface area (Å²) in [6.07, 6.45) is 6.14. The molecule has 0 unspecified atom stereocenters. The van der Waals surface area contributed by atoms with E-state index in [1.807, 2.05) is 55.6 Å². The van der Waals surface area contributed by atoms with Crippen molar-refractivity contribution in [2.24, 2.45) is 4.99 Å². The van der Waals surface area contributed by atoms with Crippen molar-refractivity contribution in [3.05, 3.63) is 77.7 Å². The topological polar surface area (TPSA) is 96.2 Å². The van der Waals surface area contributed by atoms with E-state index in [1.54, 1.807) is 24.1 Å². The Labute approximate surface area is 176 Å². The van der Waals surface area contributed by atoms with E-state index < -0.39 is 0 Å². The number of carbonyl (C=O) groups is 1. The highest BCUT2D eigenvalue weighted by atomic mass is 16.1. The number of nitrogens with one attached hydrogen (secondary N) is 3. The number of hydrogen-bond acceptors (Lipinski definition) is 4. The molecule has 3 N–H and O–H groups in total. The summed E-state index contributed by atoms with van der Waals surface area (Å²) < 4.78 is 1.73. The van der Waals surface area contributed by atoms with Gasteiger partial charge < -0.3 is 16.0 Å². The summed E-state index contributed by atoms with van der Waals surface area (Å²) >= 11 is 0. The molecule has 0 spiro atoms. The lowest BCUT2D eigenvalue weighted by Gasteiger charge is -2.12. The van der Waals surface area contributed by atoms with Crippen LogP contribution < -0.4 is 16.0 Å². The van der Waals surface area contributed by atoms with Crippen LogP contribution in [-0.2, 0) is 13.0 Å². The van der Waals surface area contributed by atoms with Gasteiger partial charge in [-0.25, -0.2) is 14.7 Å². The molecule has 0 aliphatic rings. The zero-order chi connectivity index (χ0) is 21.2. The number of nitrogens with zero attached hydrogens (tertiary/aromatic N) is 4. The number of carbonyl (C=O) groups excluding carboxylic acids is 1. The van der Waals surface area contributed by atoms with E-state index in [2.05, 4.69) is 31.0 Å². The van der Waals surface area contributed by atoms with Crippen molar-refractivity contribution in [1.82, 2.24) is 30.7 Å². The summed E-state index contributed by atoms with van der Waals surface area (Å²) in [5.74, 6) is 1.44. The second-order valence-corrected chi connectivity index (χ2v) is 6.62. The van der Waals surface area contributed by atoms with Gasteiger partial charge in [0.25, 0.3) is 5.91 Å². The van der Waals surface area contributed by atoms with Crippen LogP contribution in [0.25, 0.3) is 5.82 Å². The summed E-state index contributed by atoms with van der Waals surface area (Å²) in [6.45, 7) is 4.04. The fourth-order valence-corrected chi connectivity index (χ4v) is 2.94. The van der Waals surface area contributed by atoms with Crippen molar-refractivity contribution in [3.63, 3.8) is 0 Å². The average molecular weight is 406 g/mol. The third kappa shape index (κ3) is 5.91. The lowest BCUT2D eigenvalue weighted by molar-refractivity contribution is 0.0963. The molecule has 1 aromatic carbocycles. The van der Waals surface area contributed by atoms with Gasteiger partial charge in [0, 0.05) is 44.3 Å². The molecular weight excluding hydrogens is 378 g/mol. The van der Waals surface area contributed by atoms with Gasteiger partial charge in [0.05, 0.1) is 6.54 Å². The molecule has 0 bridgehead atoms. The average Bonchev–Trinajstić information content (AvgIpc) is 3.32. The summed E-state index contributed by atoms with van der Waals surface area (Å²) in [5.41, 5.74) is 2.81. The van der Waals surface area contributed by atoms with E-state index in [0.29, 0.717) is 18.7 Å². The van der Waals surface area contributed by atoms with Crippen LogP contribution in [0, 0.1) is 0 Å². The standard InChI is InChI=1S/C22H27N7O/c1-3-24-22(26-12-8-17-6-4-7-19(14-17)21(30)23-2)27-16-18-9-11-25-20(15-18)29-13-5-10-28-29/h4-7,9-11,13-15H,3,8,12,16H2,1-2H3,(H,23,30)(H2,24,26,27). The maximum absolute atomic E-state index is 11.8. The third-order valence-corrected chi connectivity index (χ3v) is 4.44. The van der Waals surface area contributed by atoms with Gasteiger partial charge in [-0.3, -0.25) is 4.79 Å². The van der Waals surface area contributed by atoms with Gasteiger partial charge in [0.1, 0.15) is 0 Å². The fraction of sp³-hybridized carbons (Fsp3) is 0.273. The van der Waals surface area contributed by atoms with Gasteiger partial charge in [-0.15, -0.1) is 0 Å². The highest BCUT2D eigenvalue weighted by Gasteiger charge is 2.05. The van der Waals surface area contributed by atoms with E-state index in [4.69, 9.17) is 0 Å². The molecule has 0 aliphatic carbocycles. The van der Waals surface area contributed by atoms with Gasteiger partial charge in [0.2, 0.25) is 0 Å². The monoisotopic (exact) mass is 405 g/mol. The molecule has 3 aromatic rings. The van der Waals surface area contributed by atoms with Gasteiger partial charge >= 0.3 is 0 Å². The molecule has 156 valence electrons. The van der Waals surface area contributed by atoms with Crippen molar-refractivity contribution < 1.29 is 4.79 Å². The largest absolute Gasteiger partial charge is 0.357 e. The first-order valence-corrected chi connectivity index (χ1v) is 9.97. The van der Waals surface area contributed by atoms with Crippen molar-refractivity contribution in [1.29, 1.82) is 0 Å². The van der Waals surface area contributed by atoms with Crippen LogP contribution in [0.5, 0.6) is 0 Å². The molecule has 2 heterocycles. The normalized spacial score (nSPS) is 11.2. The van der Waals surface area contributed by atoms with Crippen LogP contribution in [0.2, 0.25) is 0 Å². The van der Waals surface area contributed by atoms with E-state index in [1.165, 1.54) is 0 Å². The Kier molecular flexibility index (Phi) is 7.54. The molecule has 2 aromatic heterocycles. The zero-order valence-electron chi connectivity index (χ0n) is 17.3. The molecule has 0 saturated heterocycles. The summed E-state index contributed by atoms with van der Waals surface area (Å²) in [4.78, 5) is 20.8. The van der Waals surface area contributed by atoms with E-state index in [0.717, 1.165) is 35.9 Å². The molecule has 30 heavy (non-hydrogen) atoms. The molecule has 8 nitrogen and oxygen atoms in total. The first-order valence-electron chi connectivity index (χ1n) is 9.97. The molecule has 3 rings (SSSR count). The van der Waals surface area contributed by atoms with Gasteiger partial charge in [-0.2, -0.15) is 5.10 Å². The first-order chi connectivity index (χ1) is 14.7. The molecular formula is C22H27N7O. The summed E-state index contributed by atoms with van der Waals surface area (Å²) in [7, 11) is 1.64. The van der Waals surface area contributed by atoms with Crippen molar-refractivity contribution in [2.45, 2.75) is 19.9 Å². The summed E-state index contributed by atoms with van der Waals surface area (Å²) in [6, 6.07) is 13.4. The number of aliphatic imine (C=N–C) groups is 1. The number of amides is 1.